The van der Waals surface area contributed by atoms with Crippen LogP contribution < -0.4 is 5.32 Å². The summed E-state index contributed by atoms with van der Waals surface area (Å²) >= 11 is 0. The van der Waals surface area contributed by atoms with E-state index in [-0.39, 0.29) is 6.61 Å². The normalized spacial score (nSPS) is 11.4. The Labute approximate surface area is 168 Å². The van der Waals surface area contributed by atoms with Gasteiger partial charge in [-0.25, -0.2) is 0 Å². The average Bonchev–Trinajstić information content (AvgIpc) is 2.79. The second-order valence-electron chi connectivity index (χ2n) is 6.60. The van der Waals surface area contributed by atoms with Crippen molar-refractivity contribution < 1.29 is 10.2 Å². The summed E-state index contributed by atoms with van der Waals surface area (Å²) in [5.74, 6) is 0.451. The number of rotatable bonds is 9. The van der Waals surface area contributed by atoms with Gasteiger partial charge >= 0.3 is 0 Å². The number of hydrogen-bond donors (Lipinski definition) is 3. The summed E-state index contributed by atoms with van der Waals surface area (Å²) in [5.41, 5.74) is 5.35. The molecule has 0 unspecified atom stereocenters. The minimum atomic E-state index is 0.187. The Kier molecular flexibility index (Phi) is 10.0. The van der Waals surface area contributed by atoms with Gasteiger partial charge in [0.25, 0.3) is 0 Å². The quantitative estimate of drug-likeness (QED) is 0.488. The Hall–Kier alpha value is -2.46. The minimum Gasteiger partial charge on any atom is -0.400 e. The van der Waals surface area contributed by atoms with Crippen molar-refractivity contribution in [1.82, 2.24) is 5.32 Å². The van der Waals surface area contributed by atoms with E-state index in [4.69, 9.17) is 10.2 Å². The second kappa shape index (κ2) is 12.8. The molecule has 0 aliphatic carbocycles. The molecule has 0 spiro atoms. The number of aliphatic hydroxyl groups excluding tert-OH is 2. The van der Waals surface area contributed by atoms with Crippen LogP contribution in [0.5, 0.6) is 0 Å². The fourth-order valence-corrected chi connectivity index (χ4v) is 3.46. The fourth-order valence-electron chi connectivity index (χ4n) is 3.46. The van der Waals surface area contributed by atoms with Crippen molar-refractivity contribution in [3.05, 3.63) is 96.1 Å². The van der Waals surface area contributed by atoms with Crippen molar-refractivity contribution in [1.29, 1.82) is 0 Å². The predicted octanol–water partition coefficient (Wildman–Crippen LogP) is 4.26. The van der Waals surface area contributed by atoms with Gasteiger partial charge in [0.05, 0.1) is 6.61 Å². The zero-order valence-corrected chi connectivity index (χ0v) is 16.6. The summed E-state index contributed by atoms with van der Waals surface area (Å²) in [5, 5.41) is 19.3. The van der Waals surface area contributed by atoms with Crippen LogP contribution in [0.4, 0.5) is 0 Å². The summed E-state index contributed by atoms with van der Waals surface area (Å²) in [6.07, 6.45) is 2.06. The smallest absolute Gasteiger partial charge is 0.0555 e. The molecule has 3 N–H and O–H groups in total. The molecule has 28 heavy (non-hydrogen) atoms. The standard InChI is InChI=1S/C24H27NO.CH4O/c26-18-17-25-16-15-22(20-9-3-1-4-10-20)19-23-13-7-8-14-24(23)21-11-5-2-6-12-21;1-2/h1-14,22,25-26H,15-19H2;2H,1H3/t22-;/m0./s1. The summed E-state index contributed by atoms with van der Waals surface area (Å²) < 4.78 is 0. The number of nitrogens with one attached hydrogen (secondary N) is 1. The Morgan fingerprint density at radius 3 is 2.04 bits per heavy atom. The van der Waals surface area contributed by atoms with Crippen molar-refractivity contribution in [3.8, 4) is 11.1 Å². The Morgan fingerprint density at radius 1 is 0.750 bits per heavy atom. The first-order chi connectivity index (χ1) is 13.9. The van der Waals surface area contributed by atoms with Crippen LogP contribution in [0.25, 0.3) is 11.1 Å². The maximum absolute atomic E-state index is 8.98. The van der Waals surface area contributed by atoms with Gasteiger partial charge in [0.15, 0.2) is 0 Å². The van der Waals surface area contributed by atoms with Crippen LogP contribution in [0, 0.1) is 0 Å². The molecule has 1 atom stereocenters. The maximum atomic E-state index is 8.98. The summed E-state index contributed by atoms with van der Waals surface area (Å²) in [6.45, 7) is 1.75. The van der Waals surface area contributed by atoms with E-state index in [1.807, 2.05) is 0 Å². The highest BCUT2D eigenvalue weighted by atomic mass is 16.3. The van der Waals surface area contributed by atoms with Crippen molar-refractivity contribution in [3.63, 3.8) is 0 Å². The van der Waals surface area contributed by atoms with E-state index in [1.165, 1.54) is 22.3 Å². The van der Waals surface area contributed by atoms with E-state index in [2.05, 4.69) is 90.2 Å². The van der Waals surface area contributed by atoms with E-state index < -0.39 is 0 Å². The first-order valence-electron chi connectivity index (χ1n) is 9.83. The number of hydrogen-bond acceptors (Lipinski definition) is 3. The fraction of sp³-hybridized carbons (Fsp3) is 0.280. The first-order valence-corrected chi connectivity index (χ1v) is 9.83. The molecule has 3 rings (SSSR count). The lowest BCUT2D eigenvalue weighted by Gasteiger charge is -2.20. The molecule has 0 saturated heterocycles. The number of benzene rings is 3. The van der Waals surface area contributed by atoms with Crippen LogP contribution in [0.1, 0.15) is 23.5 Å². The van der Waals surface area contributed by atoms with Crippen molar-refractivity contribution in [2.75, 3.05) is 26.8 Å². The van der Waals surface area contributed by atoms with Crippen molar-refractivity contribution >= 4 is 0 Å². The largest absolute Gasteiger partial charge is 0.400 e. The molecule has 3 heteroatoms. The zero-order chi connectivity index (χ0) is 20.0. The molecule has 3 aromatic carbocycles. The van der Waals surface area contributed by atoms with Crippen LogP contribution in [-0.2, 0) is 6.42 Å². The SMILES string of the molecule is CO.OCCNCC[C@@H](Cc1ccccc1-c1ccccc1)c1ccccc1. The average molecular weight is 378 g/mol. The molecule has 0 heterocycles. The van der Waals surface area contributed by atoms with Gasteiger partial charge < -0.3 is 15.5 Å². The van der Waals surface area contributed by atoms with E-state index in [1.54, 1.807) is 0 Å². The lowest BCUT2D eigenvalue weighted by Crippen LogP contribution is -2.21. The Balaban J connectivity index is 0.00000136. The van der Waals surface area contributed by atoms with Gasteiger partial charge in [-0.3, -0.25) is 0 Å². The molecule has 0 aliphatic rings. The number of aliphatic hydroxyl groups is 2. The third-order valence-corrected chi connectivity index (χ3v) is 4.80. The van der Waals surface area contributed by atoms with E-state index in [9.17, 15) is 0 Å². The first kappa shape index (κ1) is 21.8. The molecule has 0 saturated carbocycles. The second-order valence-corrected chi connectivity index (χ2v) is 6.60. The Morgan fingerprint density at radius 2 is 1.36 bits per heavy atom. The Bertz CT molecular complexity index is 775. The summed E-state index contributed by atoms with van der Waals surface area (Å²) in [4.78, 5) is 0. The molecule has 148 valence electrons. The summed E-state index contributed by atoms with van der Waals surface area (Å²) in [7, 11) is 1.00. The van der Waals surface area contributed by atoms with Gasteiger partial charge in [-0.2, -0.15) is 0 Å². The third-order valence-electron chi connectivity index (χ3n) is 4.80. The molecule has 0 aromatic heterocycles. The summed E-state index contributed by atoms with van der Waals surface area (Å²) in [6, 6.07) is 30.1. The van der Waals surface area contributed by atoms with E-state index in [0.29, 0.717) is 12.5 Å². The van der Waals surface area contributed by atoms with Gasteiger partial charge in [-0.15, -0.1) is 0 Å². The molecule has 3 nitrogen and oxygen atoms in total. The third kappa shape index (κ3) is 6.61. The van der Waals surface area contributed by atoms with Crippen LogP contribution >= 0.6 is 0 Å². The van der Waals surface area contributed by atoms with Crippen LogP contribution in [0.2, 0.25) is 0 Å². The van der Waals surface area contributed by atoms with Gasteiger partial charge in [0, 0.05) is 13.7 Å². The van der Waals surface area contributed by atoms with Crippen LogP contribution in [0.15, 0.2) is 84.9 Å². The lowest BCUT2D eigenvalue weighted by atomic mass is 9.86. The monoisotopic (exact) mass is 377 g/mol. The van der Waals surface area contributed by atoms with Crippen molar-refractivity contribution in [2.45, 2.75) is 18.8 Å². The van der Waals surface area contributed by atoms with E-state index >= 15 is 0 Å². The highest BCUT2D eigenvalue weighted by Crippen LogP contribution is 2.30. The molecule has 0 fully saturated rings. The highest BCUT2D eigenvalue weighted by molar-refractivity contribution is 5.67. The molecule has 0 bridgehead atoms. The molecular formula is C25H31NO2. The molecule has 0 radical (unpaired) electrons. The molecule has 0 amide bonds. The van der Waals surface area contributed by atoms with E-state index in [0.717, 1.165) is 26.5 Å². The van der Waals surface area contributed by atoms with Gasteiger partial charge in [0.1, 0.15) is 0 Å². The molecular weight excluding hydrogens is 346 g/mol. The van der Waals surface area contributed by atoms with Crippen LogP contribution in [0.3, 0.4) is 0 Å². The van der Waals surface area contributed by atoms with Crippen molar-refractivity contribution in [2.24, 2.45) is 0 Å². The molecule has 3 aromatic rings. The molecule has 0 aliphatic heterocycles. The zero-order valence-electron chi connectivity index (χ0n) is 16.6. The lowest BCUT2D eigenvalue weighted by molar-refractivity contribution is 0.291. The predicted molar refractivity (Wildman–Crippen MR) is 117 cm³/mol. The highest BCUT2D eigenvalue weighted by Gasteiger charge is 2.14. The van der Waals surface area contributed by atoms with Gasteiger partial charge in [0.2, 0.25) is 0 Å². The van der Waals surface area contributed by atoms with Gasteiger partial charge in [-0.1, -0.05) is 84.9 Å². The van der Waals surface area contributed by atoms with Gasteiger partial charge in [-0.05, 0) is 47.6 Å². The maximum Gasteiger partial charge on any atom is 0.0555 e. The minimum absolute atomic E-state index is 0.187. The topological polar surface area (TPSA) is 52.5 Å². The van der Waals surface area contributed by atoms with Crippen LogP contribution in [-0.4, -0.2) is 37.0 Å².